The quantitative estimate of drug-likeness (QED) is 0.379. The molecule has 0 fully saturated rings. The van der Waals surface area contributed by atoms with Crippen LogP contribution >= 0.6 is 11.6 Å². The zero-order chi connectivity index (χ0) is 27.2. The largest absolute Gasteiger partial charge is 0.373 e. The number of anilines is 1. The molecule has 0 amide bonds. The van der Waals surface area contributed by atoms with Crippen LogP contribution in [-0.2, 0) is 12.8 Å². The number of hydrogen-bond acceptors (Lipinski definition) is 3. The molecule has 196 valence electrons. The van der Waals surface area contributed by atoms with Crippen molar-refractivity contribution in [3.05, 3.63) is 75.9 Å². The highest BCUT2D eigenvalue weighted by atomic mass is 35.5. The van der Waals surface area contributed by atoms with Gasteiger partial charge in [0.2, 0.25) is 0 Å². The van der Waals surface area contributed by atoms with E-state index in [4.69, 9.17) is 11.6 Å². The first-order valence-electron chi connectivity index (χ1n) is 13.3. The normalized spacial score (nSPS) is 9.03. The molecule has 0 aliphatic rings. The van der Waals surface area contributed by atoms with Gasteiger partial charge >= 0.3 is 0 Å². The lowest BCUT2D eigenvalue weighted by atomic mass is 10.1. The van der Waals surface area contributed by atoms with Gasteiger partial charge in [0, 0.05) is 23.9 Å². The van der Waals surface area contributed by atoms with E-state index in [2.05, 4.69) is 74.2 Å². The number of benzene rings is 2. The summed E-state index contributed by atoms with van der Waals surface area (Å²) in [4.78, 5) is 9.12. The number of nitrogens with one attached hydrogen (secondary N) is 1. The molecule has 1 N–H and O–H groups in total. The van der Waals surface area contributed by atoms with Crippen LogP contribution in [-0.4, -0.2) is 17.0 Å². The molecule has 0 aliphatic heterocycles. The van der Waals surface area contributed by atoms with Crippen molar-refractivity contribution in [1.29, 1.82) is 0 Å². The van der Waals surface area contributed by atoms with Gasteiger partial charge in [0.05, 0.1) is 5.02 Å². The molecule has 4 heteroatoms. The predicted octanol–water partition coefficient (Wildman–Crippen LogP) is 10.1. The van der Waals surface area contributed by atoms with E-state index >= 15 is 0 Å². The highest BCUT2D eigenvalue weighted by Crippen LogP contribution is 2.27. The van der Waals surface area contributed by atoms with Gasteiger partial charge < -0.3 is 5.32 Å². The van der Waals surface area contributed by atoms with E-state index in [1.165, 1.54) is 24.0 Å². The van der Waals surface area contributed by atoms with Gasteiger partial charge in [0.1, 0.15) is 5.82 Å². The smallest absolute Gasteiger partial charge is 0.163 e. The Hall–Kier alpha value is -2.39. The van der Waals surface area contributed by atoms with Crippen molar-refractivity contribution < 1.29 is 0 Å². The van der Waals surface area contributed by atoms with Crippen LogP contribution in [0.5, 0.6) is 0 Å². The van der Waals surface area contributed by atoms with E-state index in [9.17, 15) is 0 Å². The van der Waals surface area contributed by atoms with E-state index in [1.54, 1.807) is 0 Å². The third kappa shape index (κ3) is 12.8. The van der Waals surface area contributed by atoms with Gasteiger partial charge in [-0.05, 0) is 49.9 Å². The van der Waals surface area contributed by atoms with Gasteiger partial charge in [-0.25, -0.2) is 9.97 Å². The Balaban J connectivity index is 0. The van der Waals surface area contributed by atoms with Gasteiger partial charge in [-0.1, -0.05) is 116 Å². The molecule has 0 radical (unpaired) electrons. The van der Waals surface area contributed by atoms with E-state index in [1.807, 2.05) is 65.9 Å². The second-order valence-electron chi connectivity index (χ2n) is 7.33. The minimum Gasteiger partial charge on any atom is -0.373 e. The molecule has 0 saturated carbocycles. The predicted molar refractivity (Wildman–Crippen MR) is 160 cm³/mol. The van der Waals surface area contributed by atoms with Crippen LogP contribution in [0.15, 0.2) is 48.5 Å². The third-order valence-electron chi connectivity index (χ3n) is 5.08. The minimum absolute atomic E-state index is 0.672. The molecule has 3 nitrogen and oxygen atoms in total. The lowest BCUT2D eigenvalue weighted by molar-refractivity contribution is 0.886. The molecule has 0 unspecified atom stereocenters. The standard InChI is InChI=1S/C14H16ClN3.C9H12.C4H10.2C2H6/c1-4-12-9(2)13(16-3)18-14(17-12)10-7-5-6-8-11(10)15;1-3-9-7-5-4-6-8(9)2;1-3-4-2;2*1-2/h5-8H,4H2,1-3H3,(H,16,17,18);4-7H,3H2,1-2H3;3-4H2,1-2H3;2*1-2H3. The Morgan fingerprint density at radius 1 is 0.743 bits per heavy atom. The van der Waals surface area contributed by atoms with Crippen LogP contribution in [0.1, 0.15) is 90.6 Å². The topological polar surface area (TPSA) is 37.8 Å². The first kappa shape index (κ1) is 34.8. The van der Waals surface area contributed by atoms with Gasteiger partial charge in [0.25, 0.3) is 0 Å². The number of hydrogen-bond donors (Lipinski definition) is 1. The van der Waals surface area contributed by atoms with Crippen LogP contribution in [0.25, 0.3) is 11.4 Å². The minimum atomic E-state index is 0.672. The van der Waals surface area contributed by atoms with Gasteiger partial charge in [0.15, 0.2) is 5.82 Å². The number of aromatic nitrogens is 2. The van der Waals surface area contributed by atoms with Crippen molar-refractivity contribution in [2.75, 3.05) is 12.4 Å². The fourth-order valence-corrected chi connectivity index (χ4v) is 3.14. The first-order valence-corrected chi connectivity index (χ1v) is 13.7. The summed E-state index contributed by atoms with van der Waals surface area (Å²) in [6, 6.07) is 16.1. The molecule has 35 heavy (non-hydrogen) atoms. The molecule has 1 aromatic heterocycles. The summed E-state index contributed by atoms with van der Waals surface area (Å²) in [5, 5.41) is 3.78. The number of nitrogens with zero attached hydrogens (tertiary/aromatic N) is 2. The van der Waals surface area contributed by atoms with E-state index in [0.29, 0.717) is 10.8 Å². The number of rotatable bonds is 5. The first-order chi connectivity index (χ1) is 16.9. The van der Waals surface area contributed by atoms with Crippen LogP contribution < -0.4 is 5.32 Å². The highest BCUT2D eigenvalue weighted by molar-refractivity contribution is 6.33. The van der Waals surface area contributed by atoms with Crippen LogP contribution in [0.3, 0.4) is 0 Å². The Bertz CT molecular complexity index is 896. The van der Waals surface area contributed by atoms with Crippen molar-refractivity contribution in [3.63, 3.8) is 0 Å². The maximum atomic E-state index is 6.19. The maximum absolute atomic E-state index is 6.19. The molecule has 0 atom stereocenters. The Kier molecular flexibility index (Phi) is 22.0. The molecule has 2 aromatic carbocycles. The SMILES string of the molecule is CC.CC.CCCC.CCc1ccccc1C.CCc1nc(-c2ccccc2Cl)nc(NC)c1C. The average molecular weight is 500 g/mol. The summed E-state index contributed by atoms with van der Waals surface area (Å²) in [5.41, 5.74) is 5.86. The van der Waals surface area contributed by atoms with Gasteiger partial charge in [-0.3, -0.25) is 0 Å². The summed E-state index contributed by atoms with van der Waals surface area (Å²) >= 11 is 6.19. The van der Waals surface area contributed by atoms with Gasteiger partial charge in [-0.2, -0.15) is 0 Å². The Morgan fingerprint density at radius 2 is 1.29 bits per heavy atom. The number of halogens is 1. The second-order valence-corrected chi connectivity index (χ2v) is 7.74. The van der Waals surface area contributed by atoms with Gasteiger partial charge in [-0.15, -0.1) is 0 Å². The Morgan fingerprint density at radius 3 is 1.71 bits per heavy atom. The molecular formula is C31H50ClN3. The van der Waals surface area contributed by atoms with Crippen molar-refractivity contribution in [2.24, 2.45) is 0 Å². The highest BCUT2D eigenvalue weighted by Gasteiger charge is 2.12. The third-order valence-corrected chi connectivity index (χ3v) is 5.40. The monoisotopic (exact) mass is 499 g/mol. The zero-order valence-electron chi connectivity index (χ0n) is 24.2. The lowest BCUT2D eigenvalue weighted by Gasteiger charge is -2.11. The molecular weight excluding hydrogens is 450 g/mol. The molecule has 1 heterocycles. The summed E-state index contributed by atoms with van der Waals surface area (Å²) in [7, 11) is 1.87. The van der Waals surface area contributed by atoms with E-state index in [0.717, 1.165) is 35.5 Å². The van der Waals surface area contributed by atoms with Crippen molar-refractivity contribution in [3.8, 4) is 11.4 Å². The fourth-order valence-electron chi connectivity index (χ4n) is 2.92. The zero-order valence-corrected chi connectivity index (χ0v) is 25.0. The van der Waals surface area contributed by atoms with Crippen LogP contribution in [0.2, 0.25) is 5.02 Å². The summed E-state index contributed by atoms with van der Waals surface area (Å²) in [5.74, 6) is 1.53. The van der Waals surface area contributed by atoms with Crippen molar-refractivity contribution in [1.82, 2.24) is 9.97 Å². The number of aryl methyl sites for hydroxylation is 3. The molecule has 3 rings (SSSR count). The summed E-state index contributed by atoms with van der Waals surface area (Å²) in [6.45, 7) is 20.8. The second kappa shape index (κ2) is 22.1. The summed E-state index contributed by atoms with van der Waals surface area (Å²) < 4.78 is 0. The van der Waals surface area contributed by atoms with Crippen molar-refractivity contribution in [2.45, 2.75) is 94.9 Å². The number of unbranched alkanes of at least 4 members (excludes halogenated alkanes) is 1. The Labute approximate surface area is 221 Å². The van der Waals surface area contributed by atoms with E-state index in [-0.39, 0.29) is 0 Å². The molecule has 0 spiro atoms. The molecule has 0 bridgehead atoms. The van der Waals surface area contributed by atoms with Crippen molar-refractivity contribution >= 4 is 17.4 Å². The molecule has 0 aliphatic carbocycles. The maximum Gasteiger partial charge on any atom is 0.163 e. The van der Waals surface area contributed by atoms with Crippen LogP contribution in [0.4, 0.5) is 5.82 Å². The molecule has 0 saturated heterocycles. The van der Waals surface area contributed by atoms with E-state index < -0.39 is 0 Å². The lowest BCUT2D eigenvalue weighted by Crippen LogP contribution is -2.04. The summed E-state index contributed by atoms with van der Waals surface area (Å²) in [6.07, 6.45) is 4.66. The van der Waals surface area contributed by atoms with Crippen LogP contribution in [0, 0.1) is 13.8 Å². The fraction of sp³-hybridized carbons (Fsp3) is 0.484. The molecule has 3 aromatic rings. The average Bonchev–Trinajstić information content (AvgIpc) is 2.92.